The molecule has 0 N–H and O–H groups in total. The zero-order chi connectivity index (χ0) is 21.7. The summed E-state index contributed by atoms with van der Waals surface area (Å²) in [6.45, 7) is 10.9. The topological polar surface area (TPSA) is 86.5 Å². The van der Waals surface area contributed by atoms with E-state index in [0.29, 0.717) is 29.3 Å². The summed E-state index contributed by atoms with van der Waals surface area (Å²) in [6.07, 6.45) is 1.36. The summed E-state index contributed by atoms with van der Waals surface area (Å²) in [5, 5.41) is 0.332. The molecular formula is C22H26ClNO5. The van der Waals surface area contributed by atoms with Crippen molar-refractivity contribution < 1.29 is 23.5 Å². The highest BCUT2D eigenvalue weighted by Gasteiger charge is 2.45. The fourth-order valence-corrected chi connectivity index (χ4v) is 3.15. The Hall–Kier alpha value is -2.21. The van der Waals surface area contributed by atoms with Gasteiger partial charge in [-0.05, 0) is 45.7 Å². The Kier molecular flexibility index (Phi) is 5.37. The van der Waals surface area contributed by atoms with Gasteiger partial charge >= 0.3 is 5.97 Å². The number of hydrogen-bond acceptors (Lipinski definition) is 6. The van der Waals surface area contributed by atoms with Crippen LogP contribution in [0.1, 0.15) is 70.6 Å². The Morgan fingerprint density at radius 2 is 1.76 bits per heavy atom. The molecule has 156 valence electrons. The molecule has 1 saturated carbocycles. The lowest BCUT2D eigenvalue weighted by molar-refractivity contribution is -0.160. The maximum Gasteiger partial charge on any atom is 0.325 e. The SMILES string of the molecule is CC(C)(C)OC(=O)C(C(=O)c1ccc(Cl)c2nc(C(C)(C)C)oc12)C(=O)C1CC1. The number of rotatable bonds is 5. The highest BCUT2D eigenvalue weighted by atomic mass is 35.5. The van der Waals surface area contributed by atoms with Crippen molar-refractivity contribution in [2.24, 2.45) is 11.8 Å². The number of ether oxygens (including phenoxy) is 1. The Labute approximate surface area is 174 Å². The van der Waals surface area contributed by atoms with E-state index in [1.54, 1.807) is 20.8 Å². The molecule has 1 fully saturated rings. The van der Waals surface area contributed by atoms with E-state index in [1.807, 2.05) is 20.8 Å². The second-order valence-corrected chi connectivity index (χ2v) is 9.96. The predicted octanol–water partition coefficient (Wildman–Crippen LogP) is 4.90. The fraction of sp³-hybridized carbons (Fsp3) is 0.545. The van der Waals surface area contributed by atoms with E-state index in [4.69, 9.17) is 20.8 Å². The zero-order valence-electron chi connectivity index (χ0n) is 17.6. The number of fused-ring (bicyclic) bond motifs is 1. The molecular weight excluding hydrogens is 394 g/mol. The molecule has 2 aromatic rings. The van der Waals surface area contributed by atoms with E-state index in [0.717, 1.165) is 0 Å². The molecule has 1 atom stereocenters. The lowest BCUT2D eigenvalue weighted by Gasteiger charge is -2.23. The van der Waals surface area contributed by atoms with E-state index < -0.39 is 34.5 Å². The highest BCUT2D eigenvalue weighted by molar-refractivity contribution is 6.36. The Bertz CT molecular complexity index is 989. The monoisotopic (exact) mass is 419 g/mol. The van der Waals surface area contributed by atoms with Gasteiger partial charge in [-0.15, -0.1) is 0 Å². The van der Waals surface area contributed by atoms with Crippen LogP contribution in [-0.2, 0) is 19.7 Å². The average molecular weight is 420 g/mol. The summed E-state index contributed by atoms with van der Waals surface area (Å²) in [5.41, 5.74) is -0.594. The zero-order valence-corrected chi connectivity index (χ0v) is 18.3. The quantitative estimate of drug-likeness (QED) is 0.389. The van der Waals surface area contributed by atoms with Gasteiger partial charge in [0.05, 0.1) is 10.6 Å². The normalized spacial score (nSPS) is 16.0. The maximum absolute atomic E-state index is 13.4. The van der Waals surface area contributed by atoms with Crippen molar-refractivity contribution in [1.29, 1.82) is 0 Å². The van der Waals surface area contributed by atoms with Gasteiger partial charge in [-0.2, -0.15) is 0 Å². The van der Waals surface area contributed by atoms with Crippen LogP contribution in [-0.4, -0.2) is 28.1 Å². The smallest absolute Gasteiger partial charge is 0.325 e. The lowest BCUT2D eigenvalue weighted by Crippen LogP contribution is -2.38. The number of carbonyl (C=O) groups is 3. The first kappa shape index (κ1) is 21.5. The van der Waals surface area contributed by atoms with Crippen molar-refractivity contribution in [1.82, 2.24) is 4.98 Å². The van der Waals surface area contributed by atoms with Crippen LogP contribution >= 0.6 is 11.6 Å². The molecule has 1 heterocycles. The van der Waals surface area contributed by atoms with Crippen molar-refractivity contribution in [3.05, 3.63) is 28.6 Å². The largest absolute Gasteiger partial charge is 0.459 e. The minimum Gasteiger partial charge on any atom is -0.459 e. The summed E-state index contributed by atoms with van der Waals surface area (Å²) in [4.78, 5) is 43.4. The third-order valence-corrected chi connectivity index (χ3v) is 4.88. The molecule has 3 rings (SSSR count). The molecule has 0 radical (unpaired) electrons. The minimum absolute atomic E-state index is 0.109. The fourth-order valence-electron chi connectivity index (χ4n) is 2.96. The molecule has 0 amide bonds. The molecule has 0 spiro atoms. The number of oxazole rings is 1. The number of benzene rings is 1. The van der Waals surface area contributed by atoms with Gasteiger partial charge in [0.25, 0.3) is 0 Å². The van der Waals surface area contributed by atoms with Gasteiger partial charge in [0.2, 0.25) is 5.89 Å². The molecule has 1 aromatic heterocycles. The molecule has 6 nitrogen and oxygen atoms in total. The van der Waals surface area contributed by atoms with Crippen LogP contribution in [0.2, 0.25) is 5.02 Å². The molecule has 0 saturated heterocycles. The summed E-state index contributed by atoms with van der Waals surface area (Å²) in [6, 6.07) is 3.00. The summed E-state index contributed by atoms with van der Waals surface area (Å²) < 4.78 is 11.3. The molecule has 1 aliphatic rings. The van der Waals surface area contributed by atoms with Crippen LogP contribution in [0.4, 0.5) is 0 Å². The first-order valence-corrected chi connectivity index (χ1v) is 10.1. The van der Waals surface area contributed by atoms with Crippen molar-refractivity contribution in [3.63, 3.8) is 0 Å². The van der Waals surface area contributed by atoms with Crippen molar-refractivity contribution in [2.75, 3.05) is 0 Å². The van der Waals surface area contributed by atoms with Crippen LogP contribution in [0, 0.1) is 11.8 Å². The maximum atomic E-state index is 13.4. The average Bonchev–Trinajstić information content (AvgIpc) is 3.30. The Morgan fingerprint density at radius 1 is 1.14 bits per heavy atom. The van der Waals surface area contributed by atoms with Crippen LogP contribution < -0.4 is 0 Å². The second-order valence-electron chi connectivity index (χ2n) is 9.55. The van der Waals surface area contributed by atoms with Crippen molar-refractivity contribution in [2.45, 2.75) is 65.4 Å². The van der Waals surface area contributed by atoms with Gasteiger partial charge in [0.1, 0.15) is 11.1 Å². The molecule has 1 aliphatic carbocycles. The molecule has 29 heavy (non-hydrogen) atoms. The van der Waals surface area contributed by atoms with Gasteiger partial charge in [-0.3, -0.25) is 14.4 Å². The van der Waals surface area contributed by atoms with E-state index >= 15 is 0 Å². The van der Waals surface area contributed by atoms with Gasteiger partial charge in [0, 0.05) is 11.3 Å². The van der Waals surface area contributed by atoms with E-state index in [1.165, 1.54) is 12.1 Å². The number of nitrogens with zero attached hydrogens (tertiary/aromatic N) is 1. The van der Waals surface area contributed by atoms with E-state index in [-0.39, 0.29) is 17.1 Å². The molecule has 7 heteroatoms. The number of ketones is 2. The third kappa shape index (κ3) is 4.53. The van der Waals surface area contributed by atoms with Crippen LogP contribution in [0.15, 0.2) is 16.5 Å². The van der Waals surface area contributed by atoms with Crippen LogP contribution in [0.3, 0.4) is 0 Å². The third-order valence-electron chi connectivity index (χ3n) is 4.57. The number of aromatic nitrogens is 1. The van der Waals surface area contributed by atoms with Gasteiger partial charge in [0.15, 0.2) is 23.1 Å². The Morgan fingerprint density at radius 3 is 2.28 bits per heavy atom. The molecule has 1 aromatic carbocycles. The summed E-state index contributed by atoms with van der Waals surface area (Å²) in [7, 11) is 0. The first-order chi connectivity index (χ1) is 13.3. The number of esters is 1. The first-order valence-electron chi connectivity index (χ1n) is 9.70. The number of hydrogen-bond donors (Lipinski definition) is 0. The number of halogens is 1. The van der Waals surface area contributed by atoms with Crippen LogP contribution in [0.25, 0.3) is 11.1 Å². The number of Topliss-reactive ketones (excluding diaryl/α,β-unsaturated/α-hetero) is 2. The predicted molar refractivity (Wildman–Crippen MR) is 109 cm³/mol. The van der Waals surface area contributed by atoms with Gasteiger partial charge in [-0.25, -0.2) is 4.98 Å². The van der Waals surface area contributed by atoms with E-state index in [9.17, 15) is 14.4 Å². The summed E-state index contributed by atoms with van der Waals surface area (Å²) >= 11 is 6.26. The standard InChI is InChI=1S/C22H26ClNO5/c1-21(2,3)20-24-15-13(23)10-9-12(18(15)28-20)17(26)14(16(25)11-7-8-11)19(27)29-22(4,5)6/h9-11,14H,7-8H2,1-6H3. The van der Waals surface area contributed by atoms with Crippen molar-refractivity contribution >= 4 is 40.2 Å². The lowest BCUT2D eigenvalue weighted by atomic mass is 9.90. The van der Waals surface area contributed by atoms with Crippen LogP contribution in [0.5, 0.6) is 0 Å². The number of carbonyl (C=O) groups excluding carboxylic acids is 3. The van der Waals surface area contributed by atoms with Gasteiger partial charge in [-0.1, -0.05) is 32.4 Å². The minimum atomic E-state index is -1.52. The second kappa shape index (κ2) is 7.24. The molecule has 0 bridgehead atoms. The van der Waals surface area contributed by atoms with E-state index in [2.05, 4.69) is 4.98 Å². The van der Waals surface area contributed by atoms with Gasteiger partial charge < -0.3 is 9.15 Å². The van der Waals surface area contributed by atoms with Crippen molar-refractivity contribution in [3.8, 4) is 0 Å². The molecule has 1 unspecified atom stereocenters. The summed E-state index contributed by atoms with van der Waals surface area (Å²) in [5.74, 6) is -3.26. The molecule has 0 aliphatic heterocycles. The Balaban J connectivity index is 2.09. The highest BCUT2D eigenvalue weighted by Crippen LogP contribution is 2.37.